The molecular formula is C11H13BrO3. The van der Waals surface area contributed by atoms with E-state index in [0.29, 0.717) is 19.6 Å². The fourth-order valence-corrected chi connectivity index (χ4v) is 2.54. The van der Waals surface area contributed by atoms with Gasteiger partial charge in [-0.25, -0.2) is 0 Å². The maximum Gasteiger partial charge on any atom is 0.175 e. The Bertz CT molecular complexity index is 377. The molecule has 0 aromatic heterocycles. The monoisotopic (exact) mass is 272 g/mol. The zero-order chi connectivity index (χ0) is 10.8. The lowest BCUT2D eigenvalue weighted by Gasteiger charge is -2.22. The molecule has 0 bridgehead atoms. The van der Waals surface area contributed by atoms with Crippen LogP contribution in [-0.4, -0.2) is 24.9 Å². The minimum atomic E-state index is 0.138. The first kappa shape index (κ1) is 10.8. The smallest absolute Gasteiger partial charge is 0.175 e. The van der Waals surface area contributed by atoms with Crippen molar-refractivity contribution in [1.82, 2.24) is 0 Å². The van der Waals surface area contributed by atoms with Crippen LogP contribution in [0.2, 0.25) is 0 Å². The highest BCUT2D eigenvalue weighted by molar-refractivity contribution is 9.10. The summed E-state index contributed by atoms with van der Waals surface area (Å²) in [6.45, 7) is 3.32. The van der Waals surface area contributed by atoms with Gasteiger partial charge in [-0.2, -0.15) is 0 Å². The summed E-state index contributed by atoms with van der Waals surface area (Å²) in [5.41, 5.74) is 2.20. The maximum absolute atomic E-state index is 8.98. The number of hydrogen-bond acceptors (Lipinski definition) is 3. The summed E-state index contributed by atoms with van der Waals surface area (Å²) in [7, 11) is 0. The van der Waals surface area contributed by atoms with Crippen molar-refractivity contribution >= 4 is 15.9 Å². The number of benzene rings is 1. The zero-order valence-corrected chi connectivity index (χ0v) is 10.1. The van der Waals surface area contributed by atoms with Gasteiger partial charge in [-0.05, 0) is 46.5 Å². The van der Waals surface area contributed by atoms with Gasteiger partial charge in [-0.1, -0.05) is 0 Å². The third-order valence-electron chi connectivity index (χ3n) is 2.46. The standard InChI is InChI=1S/C11H13BrO3/c1-7-6-9-11(15-5-4-14-9)10(12)8(7)2-3-13/h6,13H,2-5H2,1H3. The van der Waals surface area contributed by atoms with E-state index in [0.717, 1.165) is 27.1 Å². The highest BCUT2D eigenvalue weighted by atomic mass is 79.9. The molecule has 2 rings (SSSR count). The summed E-state index contributed by atoms with van der Waals surface area (Å²) in [5, 5.41) is 8.98. The average Bonchev–Trinajstić information content (AvgIpc) is 2.24. The van der Waals surface area contributed by atoms with Crippen LogP contribution in [0.4, 0.5) is 0 Å². The second-order valence-corrected chi connectivity index (χ2v) is 4.28. The van der Waals surface area contributed by atoms with E-state index in [4.69, 9.17) is 14.6 Å². The molecule has 0 radical (unpaired) electrons. The summed E-state index contributed by atoms with van der Waals surface area (Å²) in [5.74, 6) is 1.54. The molecule has 1 N–H and O–H groups in total. The lowest BCUT2D eigenvalue weighted by molar-refractivity contribution is 0.170. The molecule has 0 amide bonds. The SMILES string of the molecule is Cc1cc2c(c(Br)c1CCO)OCCO2. The van der Waals surface area contributed by atoms with Crippen LogP contribution < -0.4 is 9.47 Å². The van der Waals surface area contributed by atoms with Crippen LogP contribution in [0.5, 0.6) is 11.5 Å². The molecule has 0 saturated heterocycles. The Hall–Kier alpha value is -0.740. The minimum absolute atomic E-state index is 0.138. The number of rotatable bonds is 2. The zero-order valence-electron chi connectivity index (χ0n) is 8.55. The Kier molecular flexibility index (Phi) is 3.17. The van der Waals surface area contributed by atoms with Gasteiger partial charge in [0.05, 0.1) is 4.47 Å². The van der Waals surface area contributed by atoms with Gasteiger partial charge in [0, 0.05) is 6.61 Å². The van der Waals surface area contributed by atoms with E-state index in [1.165, 1.54) is 0 Å². The van der Waals surface area contributed by atoms with Crippen molar-refractivity contribution < 1.29 is 14.6 Å². The first-order chi connectivity index (χ1) is 7.24. The van der Waals surface area contributed by atoms with Crippen molar-refractivity contribution in [3.05, 3.63) is 21.7 Å². The van der Waals surface area contributed by atoms with Crippen molar-refractivity contribution in [3.8, 4) is 11.5 Å². The van der Waals surface area contributed by atoms with Crippen LogP contribution in [0.15, 0.2) is 10.5 Å². The molecule has 0 spiro atoms. The Morgan fingerprint density at radius 2 is 2.13 bits per heavy atom. The molecule has 0 fully saturated rings. The van der Waals surface area contributed by atoms with Crippen LogP contribution in [0.25, 0.3) is 0 Å². The van der Waals surface area contributed by atoms with Crippen LogP contribution >= 0.6 is 15.9 Å². The number of hydrogen-bond donors (Lipinski definition) is 1. The molecule has 82 valence electrons. The first-order valence-electron chi connectivity index (χ1n) is 4.92. The van der Waals surface area contributed by atoms with Gasteiger partial charge in [-0.15, -0.1) is 0 Å². The normalized spacial score (nSPS) is 14.1. The maximum atomic E-state index is 8.98. The van der Waals surface area contributed by atoms with Gasteiger partial charge in [0.25, 0.3) is 0 Å². The Balaban J connectivity index is 2.49. The van der Waals surface area contributed by atoms with E-state index in [2.05, 4.69) is 15.9 Å². The lowest BCUT2D eigenvalue weighted by Crippen LogP contribution is -2.16. The fraction of sp³-hybridized carbons (Fsp3) is 0.455. The van der Waals surface area contributed by atoms with E-state index in [9.17, 15) is 0 Å². The Labute approximate surface area is 97.1 Å². The molecule has 1 heterocycles. The van der Waals surface area contributed by atoms with Crippen LogP contribution in [-0.2, 0) is 6.42 Å². The van der Waals surface area contributed by atoms with Gasteiger partial charge < -0.3 is 14.6 Å². The molecular weight excluding hydrogens is 260 g/mol. The lowest BCUT2D eigenvalue weighted by atomic mass is 10.0. The second kappa shape index (κ2) is 4.41. The number of fused-ring (bicyclic) bond motifs is 1. The van der Waals surface area contributed by atoms with Crippen molar-refractivity contribution in [2.45, 2.75) is 13.3 Å². The van der Waals surface area contributed by atoms with Crippen LogP contribution in [0, 0.1) is 6.92 Å². The largest absolute Gasteiger partial charge is 0.486 e. The molecule has 0 unspecified atom stereocenters. The van der Waals surface area contributed by atoms with E-state index in [-0.39, 0.29) is 6.61 Å². The van der Waals surface area contributed by atoms with Crippen LogP contribution in [0.3, 0.4) is 0 Å². The second-order valence-electron chi connectivity index (χ2n) is 3.48. The molecule has 1 aromatic carbocycles. The topological polar surface area (TPSA) is 38.7 Å². The third-order valence-corrected chi connectivity index (χ3v) is 3.30. The summed E-state index contributed by atoms with van der Waals surface area (Å²) < 4.78 is 12.0. The number of ether oxygens (including phenoxy) is 2. The van der Waals surface area contributed by atoms with E-state index < -0.39 is 0 Å². The predicted molar refractivity (Wildman–Crippen MR) is 60.7 cm³/mol. The first-order valence-corrected chi connectivity index (χ1v) is 5.71. The third kappa shape index (κ3) is 1.96. The van der Waals surface area contributed by atoms with Gasteiger partial charge in [-0.3, -0.25) is 0 Å². The Morgan fingerprint density at radius 1 is 1.40 bits per heavy atom. The molecule has 4 heteroatoms. The fourth-order valence-electron chi connectivity index (χ4n) is 1.72. The highest BCUT2D eigenvalue weighted by Gasteiger charge is 2.19. The molecule has 3 nitrogen and oxygen atoms in total. The summed E-state index contributed by atoms with van der Waals surface area (Å²) >= 11 is 3.50. The summed E-state index contributed by atoms with van der Waals surface area (Å²) in [4.78, 5) is 0. The van der Waals surface area contributed by atoms with E-state index in [1.54, 1.807) is 0 Å². The average molecular weight is 273 g/mol. The number of halogens is 1. The molecule has 0 saturated carbocycles. The highest BCUT2D eigenvalue weighted by Crippen LogP contribution is 2.41. The van der Waals surface area contributed by atoms with Crippen molar-refractivity contribution in [2.75, 3.05) is 19.8 Å². The van der Waals surface area contributed by atoms with Gasteiger partial charge >= 0.3 is 0 Å². The number of aliphatic hydroxyl groups is 1. The van der Waals surface area contributed by atoms with Crippen LogP contribution in [0.1, 0.15) is 11.1 Å². The number of aryl methyl sites for hydroxylation is 1. The molecule has 1 aliphatic rings. The molecule has 1 aliphatic heterocycles. The molecule has 0 aliphatic carbocycles. The Morgan fingerprint density at radius 3 is 2.87 bits per heavy atom. The van der Waals surface area contributed by atoms with Gasteiger partial charge in [0.15, 0.2) is 11.5 Å². The quantitative estimate of drug-likeness (QED) is 0.896. The van der Waals surface area contributed by atoms with Gasteiger partial charge in [0.2, 0.25) is 0 Å². The van der Waals surface area contributed by atoms with Gasteiger partial charge in [0.1, 0.15) is 13.2 Å². The molecule has 1 aromatic rings. The molecule has 0 atom stereocenters. The summed E-state index contributed by atoms with van der Waals surface area (Å²) in [6.07, 6.45) is 0.628. The number of aliphatic hydroxyl groups excluding tert-OH is 1. The van der Waals surface area contributed by atoms with E-state index >= 15 is 0 Å². The van der Waals surface area contributed by atoms with Crippen molar-refractivity contribution in [2.24, 2.45) is 0 Å². The summed E-state index contributed by atoms with van der Waals surface area (Å²) in [6, 6.07) is 1.96. The van der Waals surface area contributed by atoms with Crippen molar-refractivity contribution in [1.29, 1.82) is 0 Å². The minimum Gasteiger partial charge on any atom is -0.486 e. The molecule has 15 heavy (non-hydrogen) atoms. The van der Waals surface area contributed by atoms with E-state index in [1.807, 2.05) is 13.0 Å². The van der Waals surface area contributed by atoms with Crippen molar-refractivity contribution in [3.63, 3.8) is 0 Å². The predicted octanol–water partition coefficient (Wildman–Crippen LogP) is 2.06.